The molecule has 1 N–H and O–H groups in total. The van der Waals surface area contributed by atoms with Crippen LogP contribution in [0.1, 0.15) is 17.7 Å². The van der Waals surface area contributed by atoms with Crippen molar-refractivity contribution in [2.24, 2.45) is 0 Å². The maximum absolute atomic E-state index is 12.3. The predicted molar refractivity (Wildman–Crippen MR) is 81.9 cm³/mol. The Labute approximate surface area is 128 Å². The number of fused-ring (bicyclic) bond motifs is 1. The van der Waals surface area contributed by atoms with Gasteiger partial charge in [-0.05, 0) is 47.2 Å². The van der Waals surface area contributed by atoms with Crippen molar-refractivity contribution in [3.05, 3.63) is 37.2 Å². The maximum Gasteiger partial charge on any atom is 0.305 e. The van der Waals surface area contributed by atoms with Crippen LogP contribution in [-0.4, -0.2) is 18.2 Å². The molecule has 0 aliphatic carbocycles. The Bertz CT molecular complexity index is 732. The van der Waals surface area contributed by atoms with Crippen LogP contribution in [0.5, 0.6) is 5.75 Å². The highest BCUT2D eigenvalue weighted by atomic mass is 127. The van der Waals surface area contributed by atoms with Gasteiger partial charge in [-0.25, -0.2) is 0 Å². The molecule has 2 rings (SSSR count). The number of rotatable bonds is 3. The smallest absolute Gasteiger partial charge is 0.305 e. The van der Waals surface area contributed by atoms with Crippen LogP contribution >= 0.6 is 22.6 Å². The Morgan fingerprint density at radius 2 is 2.15 bits per heavy atom. The lowest BCUT2D eigenvalue weighted by Crippen LogP contribution is -2.11. The van der Waals surface area contributed by atoms with Gasteiger partial charge in [-0.15, -0.1) is 0 Å². The number of phenols is 1. The number of methoxy groups -OCH3 is 1. The van der Waals surface area contributed by atoms with Crippen molar-refractivity contribution in [3.8, 4) is 5.75 Å². The summed E-state index contributed by atoms with van der Waals surface area (Å²) in [6.45, 7) is 1.80. The van der Waals surface area contributed by atoms with Crippen molar-refractivity contribution >= 4 is 39.5 Å². The monoisotopic (exact) mass is 388 g/mol. The molecule has 0 saturated heterocycles. The zero-order chi connectivity index (χ0) is 14.9. The second-order valence-electron chi connectivity index (χ2n) is 4.40. The van der Waals surface area contributed by atoms with Gasteiger partial charge in [0.05, 0.1) is 17.1 Å². The summed E-state index contributed by atoms with van der Waals surface area (Å²) >= 11 is 1.87. The van der Waals surface area contributed by atoms with Gasteiger partial charge in [0, 0.05) is 6.42 Å². The molecule has 0 atom stereocenters. The van der Waals surface area contributed by atoms with Crippen LogP contribution < -0.4 is 5.43 Å². The minimum Gasteiger partial charge on any atom is -0.507 e. The summed E-state index contributed by atoms with van der Waals surface area (Å²) in [5.41, 5.74) is 0.829. The lowest BCUT2D eigenvalue weighted by Gasteiger charge is -2.07. The molecule has 20 heavy (non-hydrogen) atoms. The fourth-order valence-electron chi connectivity index (χ4n) is 1.94. The van der Waals surface area contributed by atoms with E-state index in [1.165, 1.54) is 13.2 Å². The Morgan fingerprint density at radius 3 is 2.80 bits per heavy atom. The number of benzene rings is 1. The second-order valence-corrected chi connectivity index (χ2v) is 5.48. The minimum absolute atomic E-state index is 0.0915. The van der Waals surface area contributed by atoms with Gasteiger partial charge in [-0.2, -0.15) is 0 Å². The molecular formula is C14H13IO5. The number of aryl methyl sites for hydroxylation is 2. The first kappa shape index (κ1) is 14.8. The molecule has 2 aromatic rings. The molecule has 0 spiro atoms. The van der Waals surface area contributed by atoms with Crippen LogP contribution in [0.15, 0.2) is 21.3 Å². The van der Waals surface area contributed by atoms with Crippen LogP contribution in [0.25, 0.3) is 11.0 Å². The molecule has 0 amide bonds. The molecule has 1 aromatic heterocycles. The number of phenolic OH excluding ortho intramolecular Hbond substituents is 1. The highest BCUT2D eigenvalue weighted by Gasteiger charge is 2.16. The summed E-state index contributed by atoms with van der Waals surface area (Å²) in [4.78, 5) is 23.4. The summed E-state index contributed by atoms with van der Waals surface area (Å²) in [5, 5.41) is 10.0. The van der Waals surface area contributed by atoms with E-state index >= 15 is 0 Å². The Hall–Kier alpha value is -1.57. The molecule has 6 heteroatoms. The number of esters is 1. The first-order valence-corrected chi connectivity index (χ1v) is 7.03. The molecule has 0 unspecified atom stereocenters. The van der Waals surface area contributed by atoms with E-state index in [4.69, 9.17) is 4.42 Å². The molecule has 0 aliphatic rings. The average molecular weight is 388 g/mol. The van der Waals surface area contributed by atoms with Gasteiger partial charge in [0.1, 0.15) is 22.5 Å². The third kappa shape index (κ3) is 2.79. The number of carbonyl (C=O) groups is 1. The molecular weight excluding hydrogens is 375 g/mol. The number of hydrogen-bond donors (Lipinski definition) is 1. The molecule has 1 heterocycles. The maximum atomic E-state index is 12.3. The fourth-order valence-corrected chi connectivity index (χ4v) is 2.59. The van der Waals surface area contributed by atoms with E-state index < -0.39 is 0 Å². The van der Waals surface area contributed by atoms with E-state index in [0.717, 1.165) is 5.56 Å². The number of ether oxygens (including phenoxy) is 1. The third-order valence-corrected chi connectivity index (χ3v) is 4.01. The van der Waals surface area contributed by atoms with Crippen molar-refractivity contribution < 1.29 is 19.1 Å². The summed E-state index contributed by atoms with van der Waals surface area (Å²) in [7, 11) is 1.31. The van der Waals surface area contributed by atoms with Crippen molar-refractivity contribution in [3.63, 3.8) is 0 Å². The summed E-state index contributed by atoms with van der Waals surface area (Å²) in [6, 6.07) is 3.21. The van der Waals surface area contributed by atoms with Crippen LogP contribution in [-0.2, 0) is 16.0 Å². The number of hydrogen-bond acceptors (Lipinski definition) is 5. The van der Waals surface area contributed by atoms with Crippen molar-refractivity contribution in [2.75, 3.05) is 7.11 Å². The predicted octanol–water partition coefficient (Wildman–Crippen LogP) is 2.52. The topological polar surface area (TPSA) is 76.7 Å². The van der Waals surface area contributed by atoms with E-state index in [2.05, 4.69) is 4.74 Å². The molecule has 5 nitrogen and oxygen atoms in total. The SMILES string of the molecule is COC(=O)CCc1oc2cc(C)cc(O)c2c(=O)c1I. The van der Waals surface area contributed by atoms with E-state index in [0.29, 0.717) is 14.9 Å². The van der Waals surface area contributed by atoms with Crippen molar-refractivity contribution in [2.45, 2.75) is 19.8 Å². The van der Waals surface area contributed by atoms with Crippen molar-refractivity contribution in [1.82, 2.24) is 0 Å². The summed E-state index contributed by atoms with van der Waals surface area (Å²) < 4.78 is 10.6. The Balaban J connectivity index is 2.55. The third-order valence-electron chi connectivity index (χ3n) is 2.91. The van der Waals surface area contributed by atoms with E-state index in [1.807, 2.05) is 22.6 Å². The summed E-state index contributed by atoms with van der Waals surface area (Å²) in [6.07, 6.45) is 0.420. The molecule has 0 fully saturated rings. The summed E-state index contributed by atoms with van der Waals surface area (Å²) in [5.74, 6) is -0.0275. The lowest BCUT2D eigenvalue weighted by atomic mass is 10.1. The molecule has 0 aliphatic heterocycles. The number of aromatic hydroxyl groups is 1. The number of carbonyl (C=O) groups excluding carboxylic acids is 1. The molecule has 0 bridgehead atoms. The zero-order valence-corrected chi connectivity index (χ0v) is 13.2. The molecule has 0 saturated carbocycles. The average Bonchev–Trinajstić information content (AvgIpc) is 2.39. The lowest BCUT2D eigenvalue weighted by molar-refractivity contribution is -0.140. The van der Waals surface area contributed by atoms with Gasteiger partial charge in [-0.3, -0.25) is 9.59 Å². The first-order chi connectivity index (χ1) is 9.43. The van der Waals surface area contributed by atoms with Gasteiger partial charge in [0.2, 0.25) is 5.43 Å². The standard InChI is InChI=1S/C14H13IO5/c1-7-5-8(16)12-10(6-7)20-9(13(15)14(12)18)3-4-11(17)19-2/h5-6,16H,3-4H2,1-2H3. The van der Waals surface area contributed by atoms with Crippen molar-refractivity contribution in [1.29, 1.82) is 0 Å². The quantitative estimate of drug-likeness (QED) is 0.646. The van der Waals surface area contributed by atoms with Crippen LogP contribution in [0.4, 0.5) is 0 Å². The zero-order valence-electron chi connectivity index (χ0n) is 11.0. The van der Waals surface area contributed by atoms with Crippen LogP contribution in [0.2, 0.25) is 0 Å². The van der Waals surface area contributed by atoms with Gasteiger partial charge >= 0.3 is 5.97 Å². The number of halogens is 1. The minimum atomic E-state index is -0.365. The van der Waals surface area contributed by atoms with E-state index in [1.54, 1.807) is 13.0 Å². The first-order valence-electron chi connectivity index (χ1n) is 5.95. The van der Waals surface area contributed by atoms with Gasteiger partial charge in [0.15, 0.2) is 0 Å². The Kier molecular flexibility index (Phi) is 4.32. The highest BCUT2D eigenvalue weighted by molar-refractivity contribution is 14.1. The normalized spacial score (nSPS) is 10.8. The van der Waals surface area contributed by atoms with Crippen LogP contribution in [0.3, 0.4) is 0 Å². The fraction of sp³-hybridized carbons (Fsp3) is 0.286. The molecule has 106 valence electrons. The Morgan fingerprint density at radius 1 is 1.45 bits per heavy atom. The van der Waals surface area contributed by atoms with Gasteiger partial charge in [0.25, 0.3) is 0 Å². The molecule has 0 radical (unpaired) electrons. The van der Waals surface area contributed by atoms with E-state index in [-0.39, 0.29) is 35.4 Å². The van der Waals surface area contributed by atoms with E-state index in [9.17, 15) is 14.7 Å². The second kappa shape index (κ2) is 5.82. The van der Waals surface area contributed by atoms with Gasteiger partial charge < -0.3 is 14.3 Å². The van der Waals surface area contributed by atoms with Crippen LogP contribution in [0, 0.1) is 10.5 Å². The molecule has 1 aromatic carbocycles. The van der Waals surface area contributed by atoms with Gasteiger partial charge in [-0.1, -0.05) is 0 Å². The highest BCUT2D eigenvalue weighted by Crippen LogP contribution is 2.26. The largest absolute Gasteiger partial charge is 0.507 e.